The van der Waals surface area contributed by atoms with Crippen molar-refractivity contribution in [2.24, 2.45) is 0 Å². The summed E-state index contributed by atoms with van der Waals surface area (Å²) in [6.07, 6.45) is 1.96. The summed E-state index contributed by atoms with van der Waals surface area (Å²) in [5, 5.41) is 9.98. The van der Waals surface area contributed by atoms with Crippen molar-refractivity contribution >= 4 is 6.08 Å². The molecule has 0 heterocycles. The van der Waals surface area contributed by atoms with Crippen LogP contribution in [0.25, 0.3) is 6.08 Å². The molecule has 0 spiro atoms. The quantitative estimate of drug-likeness (QED) is 0.550. The first-order valence-electron chi connectivity index (χ1n) is 3.78. The molecule has 0 bridgehead atoms. The minimum Gasteiger partial charge on any atom is -0.494 e. The van der Waals surface area contributed by atoms with Crippen molar-refractivity contribution in [1.82, 2.24) is 0 Å². The predicted octanol–water partition coefficient (Wildman–Crippen LogP) is 2.08. The van der Waals surface area contributed by atoms with Gasteiger partial charge in [0.1, 0.15) is 0 Å². The Kier molecular flexibility index (Phi) is 3.17. The number of benzene rings is 1. The van der Waals surface area contributed by atoms with E-state index in [4.69, 9.17) is 4.74 Å². The lowest BCUT2D eigenvalue weighted by Gasteiger charge is -2.00. The van der Waals surface area contributed by atoms with Crippen LogP contribution in [0, 0.1) is 15.9 Å². The molecule has 0 saturated heterocycles. The van der Waals surface area contributed by atoms with Gasteiger partial charge in [0.2, 0.25) is 6.20 Å². The summed E-state index contributed by atoms with van der Waals surface area (Å²) in [4.78, 5) is 9.37. The van der Waals surface area contributed by atoms with E-state index in [1.807, 2.05) is 0 Å². The smallest absolute Gasteiger partial charge is 0.235 e. The Morgan fingerprint density at radius 1 is 1.57 bits per heavy atom. The van der Waals surface area contributed by atoms with Gasteiger partial charge in [-0.2, -0.15) is 0 Å². The van der Waals surface area contributed by atoms with Crippen LogP contribution in [0.3, 0.4) is 0 Å². The number of rotatable bonds is 3. The summed E-state index contributed by atoms with van der Waals surface area (Å²) in [6.45, 7) is 0. The lowest BCUT2D eigenvalue weighted by Crippen LogP contribution is -1.88. The van der Waals surface area contributed by atoms with Gasteiger partial charge < -0.3 is 4.74 Å². The van der Waals surface area contributed by atoms with Gasteiger partial charge in [-0.15, -0.1) is 0 Å². The second-order valence-corrected chi connectivity index (χ2v) is 2.50. The van der Waals surface area contributed by atoms with Gasteiger partial charge in [0, 0.05) is 6.08 Å². The Morgan fingerprint density at radius 3 is 2.79 bits per heavy atom. The summed E-state index contributed by atoms with van der Waals surface area (Å²) in [6, 6.07) is 4.11. The van der Waals surface area contributed by atoms with Crippen molar-refractivity contribution in [1.29, 1.82) is 0 Å². The number of nitro groups is 1. The van der Waals surface area contributed by atoms with E-state index >= 15 is 0 Å². The highest BCUT2D eigenvalue weighted by Crippen LogP contribution is 2.18. The maximum Gasteiger partial charge on any atom is 0.235 e. The summed E-state index contributed by atoms with van der Waals surface area (Å²) in [5.74, 6) is -0.429. The van der Waals surface area contributed by atoms with Crippen molar-refractivity contribution in [2.75, 3.05) is 7.11 Å². The molecule has 0 saturated carbocycles. The standard InChI is InChI=1S/C9H8FNO3/c1-14-9-3-2-7(6-8(9)10)4-5-11(12)13/h2-6H,1H3/b5-4+. The van der Waals surface area contributed by atoms with E-state index in [2.05, 4.69) is 0 Å². The van der Waals surface area contributed by atoms with Crippen LogP contribution in [-0.2, 0) is 0 Å². The first-order valence-corrected chi connectivity index (χ1v) is 3.78. The summed E-state index contributed by atoms with van der Waals surface area (Å²) in [5.41, 5.74) is 0.417. The molecule has 0 aliphatic carbocycles. The van der Waals surface area contributed by atoms with E-state index < -0.39 is 10.7 Å². The molecule has 1 aromatic rings. The van der Waals surface area contributed by atoms with Crippen LogP contribution in [-0.4, -0.2) is 12.0 Å². The van der Waals surface area contributed by atoms with Crippen LogP contribution < -0.4 is 4.74 Å². The minimum absolute atomic E-state index is 0.114. The van der Waals surface area contributed by atoms with Gasteiger partial charge in [-0.25, -0.2) is 4.39 Å². The number of hydrogen-bond acceptors (Lipinski definition) is 3. The Bertz CT molecular complexity index is 376. The van der Waals surface area contributed by atoms with E-state index in [-0.39, 0.29) is 5.75 Å². The Hall–Kier alpha value is -1.91. The second kappa shape index (κ2) is 4.36. The lowest BCUT2D eigenvalue weighted by atomic mass is 10.2. The topological polar surface area (TPSA) is 52.4 Å². The normalized spacial score (nSPS) is 10.4. The Labute approximate surface area is 79.8 Å². The van der Waals surface area contributed by atoms with Crippen LogP contribution in [0.2, 0.25) is 0 Å². The first kappa shape index (κ1) is 10.2. The van der Waals surface area contributed by atoms with Gasteiger partial charge in [-0.05, 0) is 17.7 Å². The molecule has 1 aromatic carbocycles. The number of halogens is 1. The highest BCUT2D eigenvalue weighted by molar-refractivity contribution is 5.49. The molecule has 0 radical (unpaired) electrons. The van der Waals surface area contributed by atoms with Crippen molar-refractivity contribution in [3.63, 3.8) is 0 Å². The number of nitrogens with zero attached hydrogens (tertiary/aromatic N) is 1. The maximum atomic E-state index is 13.0. The van der Waals surface area contributed by atoms with Gasteiger partial charge in [-0.3, -0.25) is 10.1 Å². The zero-order valence-corrected chi connectivity index (χ0v) is 7.44. The van der Waals surface area contributed by atoms with Crippen molar-refractivity contribution in [3.05, 3.63) is 45.9 Å². The molecular formula is C9H8FNO3. The van der Waals surface area contributed by atoms with Crippen LogP contribution in [0.15, 0.2) is 24.4 Å². The van der Waals surface area contributed by atoms with E-state index in [1.54, 1.807) is 0 Å². The average Bonchev–Trinajstić information content (AvgIpc) is 2.15. The monoisotopic (exact) mass is 197 g/mol. The molecule has 0 fully saturated rings. The van der Waals surface area contributed by atoms with Crippen LogP contribution in [0.1, 0.15) is 5.56 Å². The van der Waals surface area contributed by atoms with Crippen LogP contribution in [0.5, 0.6) is 5.75 Å². The van der Waals surface area contributed by atoms with Crippen molar-refractivity contribution in [2.45, 2.75) is 0 Å². The predicted molar refractivity (Wildman–Crippen MR) is 49.0 cm³/mol. The zero-order valence-electron chi connectivity index (χ0n) is 7.44. The summed E-state index contributed by atoms with van der Waals surface area (Å²) < 4.78 is 17.7. The van der Waals surface area contributed by atoms with Crippen molar-refractivity contribution in [3.8, 4) is 5.75 Å². The van der Waals surface area contributed by atoms with Gasteiger partial charge in [0.05, 0.1) is 12.0 Å². The number of ether oxygens (including phenoxy) is 1. The lowest BCUT2D eigenvalue weighted by molar-refractivity contribution is -0.400. The maximum absolute atomic E-state index is 13.0. The third-order valence-corrected chi connectivity index (χ3v) is 1.56. The van der Waals surface area contributed by atoms with E-state index in [9.17, 15) is 14.5 Å². The average molecular weight is 197 g/mol. The molecule has 0 aliphatic heterocycles. The highest BCUT2D eigenvalue weighted by atomic mass is 19.1. The fourth-order valence-corrected chi connectivity index (χ4v) is 0.933. The van der Waals surface area contributed by atoms with Gasteiger partial charge in [0.25, 0.3) is 0 Å². The summed E-state index contributed by atoms with van der Waals surface area (Å²) >= 11 is 0. The molecule has 4 nitrogen and oxygen atoms in total. The highest BCUT2D eigenvalue weighted by Gasteiger charge is 2.01. The molecular weight excluding hydrogens is 189 g/mol. The molecule has 0 unspecified atom stereocenters. The zero-order chi connectivity index (χ0) is 10.6. The van der Waals surface area contributed by atoms with E-state index in [0.29, 0.717) is 5.56 Å². The molecule has 0 N–H and O–H groups in total. The fourth-order valence-electron chi connectivity index (χ4n) is 0.933. The molecule has 74 valence electrons. The SMILES string of the molecule is COc1ccc(/C=C/[N+](=O)[O-])cc1F. The third kappa shape index (κ3) is 2.55. The second-order valence-electron chi connectivity index (χ2n) is 2.50. The Morgan fingerprint density at radius 2 is 2.29 bits per heavy atom. The Balaban J connectivity index is 2.91. The van der Waals surface area contributed by atoms with E-state index in [0.717, 1.165) is 6.20 Å². The van der Waals surface area contributed by atoms with E-state index in [1.165, 1.54) is 31.4 Å². The first-order chi connectivity index (χ1) is 6.63. The van der Waals surface area contributed by atoms with Crippen molar-refractivity contribution < 1.29 is 14.1 Å². The van der Waals surface area contributed by atoms with Gasteiger partial charge >= 0.3 is 0 Å². The molecule has 0 aromatic heterocycles. The molecule has 0 aliphatic rings. The molecule has 5 heteroatoms. The van der Waals surface area contributed by atoms with Crippen LogP contribution >= 0.6 is 0 Å². The number of methoxy groups -OCH3 is 1. The van der Waals surface area contributed by atoms with Gasteiger partial charge in [0.15, 0.2) is 11.6 Å². The van der Waals surface area contributed by atoms with Gasteiger partial charge in [-0.1, -0.05) is 6.07 Å². The fraction of sp³-hybridized carbons (Fsp3) is 0.111. The third-order valence-electron chi connectivity index (χ3n) is 1.56. The van der Waals surface area contributed by atoms with Crippen LogP contribution in [0.4, 0.5) is 4.39 Å². The molecule has 0 atom stereocenters. The molecule has 1 rings (SSSR count). The minimum atomic E-state index is -0.609. The number of hydrogen-bond donors (Lipinski definition) is 0. The molecule has 0 amide bonds. The summed E-state index contributed by atoms with van der Waals surface area (Å²) in [7, 11) is 1.35. The molecule has 14 heavy (non-hydrogen) atoms. The largest absolute Gasteiger partial charge is 0.494 e.